The van der Waals surface area contributed by atoms with Crippen molar-refractivity contribution in [2.75, 3.05) is 38.3 Å². The van der Waals surface area contributed by atoms with Crippen LogP contribution in [0.1, 0.15) is 16.1 Å². The number of aromatic nitrogens is 3. The molecule has 0 saturated carbocycles. The van der Waals surface area contributed by atoms with Gasteiger partial charge in [0.2, 0.25) is 0 Å². The highest BCUT2D eigenvalue weighted by atomic mass is 16.5. The van der Waals surface area contributed by atoms with Gasteiger partial charge >= 0.3 is 0 Å². The monoisotopic (exact) mass is 393 g/mol. The van der Waals surface area contributed by atoms with Crippen LogP contribution < -0.4 is 15.0 Å². The normalized spacial score (nSPS) is 13.9. The molecule has 0 radical (unpaired) electrons. The Morgan fingerprint density at radius 1 is 1.21 bits per heavy atom. The molecule has 1 N–H and O–H groups in total. The number of hydrogen-bond acceptors (Lipinski definition) is 6. The van der Waals surface area contributed by atoms with Gasteiger partial charge in [-0.05, 0) is 29.8 Å². The molecule has 0 aliphatic carbocycles. The lowest BCUT2D eigenvalue weighted by Crippen LogP contribution is -2.36. The van der Waals surface area contributed by atoms with Crippen LogP contribution in [-0.4, -0.2) is 54.1 Å². The van der Waals surface area contributed by atoms with Gasteiger partial charge in [0.25, 0.3) is 5.91 Å². The topological polar surface area (TPSA) is 81.5 Å². The molecule has 29 heavy (non-hydrogen) atoms. The summed E-state index contributed by atoms with van der Waals surface area (Å²) >= 11 is 0. The first kappa shape index (κ1) is 18.9. The molecule has 1 aliphatic heterocycles. The summed E-state index contributed by atoms with van der Waals surface area (Å²) in [6.45, 7) is 3.41. The fourth-order valence-corrected chi connectivity index (χ4v) is 3.18. The second-order valence-corrected chi connectivity index (χ2v) is 6.63. The number of anilines is 1. The number of para-hydroxylation sites is 1. The SMILES string of the molecule is COc1cn(-c2ccccc2)nc1C(=O)NCc1ccnc(N2CCOCC2)c1. The Morgan fingerprint density at radius 2 is 2.00 bits per heavy atom. The van der Waals surface area contributed by atoms with E-state index in [0.717, 1.165) is 30.2 Å². The number of pyridine rings is 1. The number of carbonyl (C=O) groups is 1. The zero-order valence-corrected chi connectivity index (χ0v) is 16.2. The Bertz CT molecular complexity index is 967. The lowest BCUT2D eigenvalue weighted by Gasteiger charge is -2.28. The van der Waals surface area contributed by atoms with Gasteiger partial charge in [0.05, 0.1) is 32.2 Å². The molecule has 150 valence electrons. The smallest absolute Gasteiger partial charge is 0.275 e. The average Bonchev–Trinajstić information content (AvgIpc) is 3.24. The van der Waals surface area contributed by atoms with Gasteiger partial charge in [-0.3, -0.25) is 4.79 Å². The first-order valence-electron chi connectivity index (χ1n) is 9.49. The van der Waals surface area contributed by atoms with Crippen LogP contribution >= 0.6 is 0 Å². The number of morpholine rings is 1. The first-order chi connectivity index (χ1) is 14.2. The Morgan fingerprint density at radius 3 is 2.76 bits per heavy atom. The van der Waals surface area contributed by atoms with Crippen molar-refractivity contribution in [3.8, 4) is 11.4 Å². The Hall–Kier alpha value is -3.39. The molecule has 0 atom stereocenters. The van der Waals surface area contributed by atoms with Crippen LogP contribution in [0.4, 0.5) is 5.82 Å². The third kappa shape index (κ3) is 4.38. The fourth-order valence-electron chi connectivity index (χ4n) is 3.18. The lowest BCUT2D eigenvalue weighted by atomic mass is 10.2. The maximum atomic E-state index is 12.7. The van der Waals surface area contributed by atoms with Gasteiger partial charge in [0.1, 0.15) is 5.82 Å². The van der Waals surface area contributed by atoms with Crippen molar-refractivity contribution in [1.82, 2.24) is 20.1 Å². The quantitative estimate of drug-likeness (QED) is 0.690. The van der Waals surface area contributed by atoms with Crippen LogP contribution in [0.5, 0.6) is 5.75 Å². The Balaban J connectivity index is 1.45. The van der Waals surface area contributed by atoms with Crippen molar-refractivity contribution in [1.29, 1.82) is 0 Å². The van der Waals surface area contributed by atoms with E-state index in [9.17, 15) is 4.79 Å². The molecule has 8 heteroatoms. The summed E-state index contributed by atoms with van der Waals surface area (Å²) in [6, 6.07) is 13.5. The van der Waals surface area contributed by atoms with Crippen molar-refractivity contribution in [3.05, 3.63) is 66.1 Å². The molecule has 1 amide bonds. The van der Waals surface area contributed by atoms with Gasteiger partial charge in [-0.25, -0.2) is 9.67 Å². The number of amides is 1. The molecule has 1 saturated heterocycles. The molecule has 2 aromatic heterocycles. The van der Waals surface area contributed by atoms with Crippen LogP contribution in [0.3, 0.4) is 0 Å². The van der Waals surface area contributed by atoms with E-state index < -0.39 is 0 Å². The number of rotatable bonds is 6. The summed E-state index contributed by atoms with van der Waals surface area (Å²) in [5.41, 5.74) is 2.07. The summed E-state index contributed by atoms with van der Waals surface area (Å²) in [6.07, 6.45) is 3.46. The van der Waals surface area contributed by atoms with Gasteiger partial charge in [-0.15, -0.1) is 0 Å². The maximum absolute atomic E-state index is 12.7. The molecule has 0 unspecified atom stereocenters. The van der Waals surface area contributed by atoms with Gasteiger partial charge in [-0.1, -0.05) is 18.2 Å². The van der Waals surface area contributed by atoms with Gasteiger partial charge in [0.15, 0.2) is 11.4 Å². The number of hydrogen-bond donors (Lipinski definition) is 1. The minimum Gasteiger partial charge on any atom is -0.493 e. The zero-order valence-electron chi connectivity index (χ0n) is 16.2. The molecule has 1 fully saturated rings. The van der Waals surface area contributed by atoms with Crippen LogP contribution in [0.15, 0.2) is 54.9 Å². The molecule has 4 rings (SSSR count). The summed E-state index contributed by atoms with van der Waals surface area (Å²) in [5, 5.41) is 7.32. The fraction of sp³-hybridized carbons (Fsp3) is 0.286. The van der Waals surface area contributed by atoms with Crippen molar-refractivity contribution in [2.24, 2.45) is 0 Å². The molecule has 3 aromatic rings. The van der Waals surface area contributed by atoms with E-state index in [1.54, 1.807) is 17.1 Å². The number of ether oxygens (including phenoxy) is 2. The number of benzene rings is 1. The van der Waals surface area contributed by atoms with Crippen LogP contribution in [0, 0.1) is 0 Å². The Labute approximate surface area is 169 Å². The highest BCUT2D eigenvalue weighted by Gasteiger charge is 2.18. The summed E-state index contributed by atoms with van der Waals surface area (Å²) < 4.78 is 12.4. The van der Waals surface area contributed by atoms with Gasteiger partial charge < -0.3 is 19.7 Å². The Kier molecular flexibility index (Phi) is 5.71. The number of nitrogens with one attached hydrogen (secondary N) is 1. The minimum atomic E-state index is -0.290. The molecule has 8 nitrogen and oxygen atoms in total. The number of carbonyl (C=O) groups excluding carboxylic acids is 1. The first-order valence-corrected chi connectivity index (χ1v) is 9.49. The second kappa shape index (κ2) is 8.74. The molecular weight excluding hydrogens is 370 g/mol. The maximum Gasteiger partial charge on any atom is 0.275 e. The third-order valence-corrected chi connectivity index (χ3v) is 4.73. The molecule has 1 aliphatic rings. The molecule has 1 aromatic carbocycles. The van der Waals surface area contributed by atoms with Gasteiger partial charge in [0, 0.05) is 25.8 Å². The molecule has 3 heterocycles. The predicted octanol–water partition coefficient (Wildman–Crippen LogP) is 2.04. The van der Waals surface area contributed by atoms with Crippen molar-refractivity contribution < 1.29 is 14.3 Å². The second-order valence-electron chi connectivity index (χ2n) is 6.63. The van der Waals surface area contributed by atoms with E-state index >= 15 is 0 Å². The summed E-state index contributed by atoms with van der Waals surface area (Å²) in [5.74, 6) is 1.03. The van der Waals surface area contributed by atoms with Crippen molar-refractivity contribution in [2.45, 2.75) is 6.54 Å². The highest BCUT2D eigenvalue weighted by molar-refractivity contribution is 5.94. The highest BCUT2D eigenvalue weighted by Crippen LogP contribution is 2.20. The van der Waals surface area contributed by atoms with E-state index in [0.29, 0.717) is 25.5 Å². The molecule has 0 spiro atoms. The average molecular weight is 393 g/mol. The van der Waals surface area contributed by atoms with Crippen molar-refractivity contribution in [3.63, 3.8) is 0 Å². The lowest BCUT2D eigenvalue weighted by molar-refractivity contribution is 0.0942. The zero-order chi connectivity index (χ0) is 20.1. The van der Waals surface area contributed by atoms with Crippen molar-refractivity contribution >= 4 is 11.7 Å². The summed E-state index contributed by atoms with van der Waals surface area (Å²) in [7, 11) is 1.53. The van der Waals surface area contributed by atoms with E-state index in [-0.39, 0.29) is 11.6 Å². The summed E-state index contributed by atoms with van der Waals surface area (Å²) in [4.78, 5) is 19.3. The molecule has 0 bridgehead atoms. The third-order valence-electron chi connectivity index (χ3n) is 4.73. The van der Waals surface area contributed by atoms with Crippen LogP contribution in [0.2, 0.25) is 0 Å². The number of nitrogens with zero attached hydrogens (tertiary/aromatic N) is 4. The predicted molar refractivity (Wildman–Crippen MR) is 109 cm³/mol. The van der Waals surface area contributed by atoms with Gasteiger partial charge in [-0.2, -0.15) is 5.10 Å². The minimum absolute atomic E-state index is 0.249. The van der Waals surface area contributed by atoms with Crippen LogP contribution in [0.25, 0.3) is 5.69 Å². The van der Waals surface area contributed by atoms with E-state index in [4.69, 9.17) is 9.47 Å². The van der Waals surface area contributed by atoms with E-state index in [1.807, 2.05) is 42.5 Å². The molecular formula is C21H23N5O3. The standard InChI is InChI=1S/C21H23N5O3/c1-28-18-15-26(17-5-3-2-4-6-17)24-20(18)21(27)23-14-16-7-8-22-19(13-16)25-9-11-29-12-10-25/h2-8,13,15H,9-12,14H2,1H3,(H,23,27). The van der Waals surface area contributed by atoms with E-state index in [2.05, 4.69) is 20.3 Å². The van der Waals surface area contributed by atoms with E-state index in [1.165, 1.54) is 7.11 Å². The number of methoxy groups -OCH3 is 1. The van der Waals surface area contributed by atoms with Crippen LogP contribution in [-0.2, 0) is 11.3 Å². The largest absolute Gasteiger partial charge is 0.493 e.